The molecule has 0 bridgehead atoms. The number of aliphatic hydroxyl groups is 1. The molecule has 102 valence electrons. The van der Waals surface area contributed by atoms with Crippen molar-refractivity contribution in [3.63, 3.8) is 0 Å². The molecule has 2 rings (SSSR count). The van der Waals surface area contributed by atoms with E-state index in [0.29, 0.717) is 17.8 Å². The fourth-order valence-electron chi connectivity index (χ4n) is 2.18. The van der Waals surface area contributed by atoms with Crippen LogP contribution in [0.1, 0.15) is 29.9 Å². The Morgan fingerprint density at radius 3 is 2.68 bits per heavy atom. The molecule has 3 nitrogen and oxygen atoms in total. The van der Waals surface area contributed by atoms with Gasteiger partial charge in [0.1, 0.15) is 11.6 Å². The molecule has 0 saturated heterocycles. The van der Waals surface area contributed by atoms with Crippen molar-refractivity contribution in [2.24, 2.45) is 0 Å². The van der Waals surface area contributed by atoms with Crippen LogP contribution in [0.25, 0.3) is 0 Å². The second-order valence-corrected chi connectivity index (χ2v) is 4.71. The summed E-state index contributed by atoms with van der Waals surface area (Å²) in [4.78, 5) is 1.79. The van der Waals surface area contributed by atoms with E-state index in [1.54, 1.807) is 37.3 Å². The predicted octanol–water partition coefficient (Wildman–Crippen LogP) is 3.42. The van der Waals surface area contributed by atoms with Gasteiger partial charge in [-0.3, -0.25) is 0 Å². The van der Waals surface area contributed by atoms with Crippen LogP contribution in [0.4, 0.5) is 10.1 Å². The Morgan fingerprint density at radius 1 is 1.37 bits per heavy atom. The Hall–Kier alpha value is -1.81. The van der Waals surface area contributed by atoms with E-state index in [0.717, 1.165) is 11.3 Å². The highest BCUT2D eigenvalue weighted by Crippen LogP contribution is 2.29. The van der Waals surface area contributed by atoms with Crippen LogP contribution < -0.4 is 4.90 Å². The fraction of sp³-hybridized carbons (Fsp3) is 0.333. The van der Waals surface area contributed by atoms with E-state index in [1.807, 2.05) is 13.0 Å². The molecule has 0 radical (unpaired) electrons. The molecule has 0 amide bonds. The maximum absolute atomic E-state index is 14.0. The molecule has 19 heavy (non-hydrogen) atoms. The van der Waals surface area contributed by atoms with Gasteiger partial charge >= 0.3 is 0 Å². The number of aryl methyl sites for hydroxylation is 1. The Morgan fingerprint density at radius 2 is 2.11 bits per heavy atom. The van der Waals surface area contributed by atoms with Crippen molar-refractivity contribution in [2.75, 3.05) is 11.9 Å². The Balaban J connectivity index is 2.33. The summed E-state index contributed by atoms with van der Waals surface area (Å²) in [5.41, 5.74) is 2.02. The Bertz CT molecular complexity index is 563. The minimum atomic E-state index is -0.710. The van der Waals surface area contributed by atoms with E-state index in [9.17, 15) is 9.50 Å². The number of anilines is 1. The summed E-state index contributed by atoms with van der Waals surface area (Å²) in [7, 11) is 1.80. The number of hydrogen-bond acceptors (Lipinski definition) is 3. The topological polar surface area (TPSA) is 36.6 Å². The van der Waals surface area contributed by atoms with Gasteiger partial charge < -0.3 is 14.4 Å². The lowest BCUT2D eigenvalue weighted by molar-refractivity contribution is 0.199. The Kier molecular flexibility index (Phi) is 3.90. The van der Waals surface area contributed by atoms with Gasteiger partial charge in [0.2, 0.25) is 0 Å². The maximum Gasteiger partial charge on any atom is 0.146 e. The highest BCUT2D eigenvalue weighted by atomic mass is 19.1. The molecule has 1 atom stereocenters. The molecule has 1 N–H and O–H groups in total. The van der Waals surface area contributed by atoms with Gasteiger partial charge in [-0.05, 0) is 26.0 Å². The number of aliphatic hydroxyl groups excluding tert-OH is 1. The van der Waals surface area contributed by atoms with Gasteiger partial charge in [0.15, 0.2) is 0 Å². The van der Waals surface area contributed by atoms with E-state index in [1.165, 1.54) is 6.07 Å². The molecule has 0 aliphatic carbocycles. The van der Waals surface area contributed by atoms with Gasteiger partial charge in [-0.1, -0.05) is 12.1 Å². The number of halogens is 1. The van der Waals surface area contributed by atoms with Crippen molar-refractivity contribution < 1.29 is 13.9 Å². The molecule has 1 heterocycles. The molecule has 0 saturated carbocycles. The van der Waals surface area contributed by atoms with Gasteiger partial charge in [0.05, 0.1) is 18.1 Å². The zero-order valence-corrected chi connectivity index (χ0v) is 11.4. The third-order valence-electron chi connectivity index (χ3n) is 3.22. The lowest BCUT2D eigenvalue weighted by Crippen LogP contribution is -2.20. The van der Waals surface area contributed by atoms with Crippen LogP contribution in [0.5, 0.6) is 0 Å². The summed E-state index contributed by atoms with van der Waals surface area (Å²) in [5.74, 6) is 0.490. The van der Waals surface area contributed by atoms with Crippen LogP contribution in [0.2, 0.25) is 0 Å². The standard InChI is InChI=1S/C15H18FNO2/c1-10(18)13-5-4-6-14(16)15(13)17(3)9-12-7-8-19-11(12)2/h4-8,10,18H,9H2,1-3H3/t10-/m1/s1. The van der Waals surface area contributed by atoms with E-state index >= 15 is 0 Å². The van der Waals surface area contributed by atoms with E-state index in [2.05, 4.69) is 0 Å². The SMILES string of the molecule is Cc1occc1CN(C)c1c(F)cccc1[C@@H](C)O. The van der Waals surface area contributed by atoms with Gasteiger partial charge in [-0.15, -0.1) is 0 Å². The first kappa shape index (κ1) is 13.6. The van der Waals surface area contributed by atoms with E-state index in [4.69, 9.17) is 4.42 Å². The lowest BCUT2D eigenvalue weighted by atomic mass is 10.1. The number of furan rings is 1. The number of rotatable bonds is 4. The van der Waals surface area contributed by atoms with E-state index in [-0.39, 0.29) is 5.82 Å². The fourth-order valence-corrected chi connectivity index (χ4v) is 2.18. The largest absolute Gasteiger partial charge is 0.469 e. The molecule has 0 aliphatic heterocycles. The minimum Gasteiger partial charge on any atom is -0.469 e. The zero-order valence-electron chi connectivity index (χ0n) is 11.4. The molecular weight excluding hydrogens is 245 g/mol. The summed E-state index contributed by atoms with van der Waals surface area (Å²) in [5, 5.41) is 9.75. The molecule has 0 unspecified atom stereocenters. The summed E-state index contributed by atoms with van der Waals surface area (Å²) >= 11 is 0. The van der Waals surface area contributed by atoms with Crippen molar-refractivity contribution in [1.29, 1.82) is 0 Å². The molecule has 4 heteroatoms. The summed E-state index contributed by atoms with van der Waals surface area (Å²) in [6, 6.07) is 6.62. The van der Waals surface area contributed by atoms with Crippen LogP contribution in [-0.4, -0.2) is 12.2 Å². The average Bonchev–Trinajstić information content (AvgIpc) is 2.74. The molecule has 0 fully saturated rings. The van der Waals surface area contributed by atoms with Gasteiger partial charge in [0, 0.05) is 24.7 Å². The number of nitrogens with zero attached hydrogens (tertiary/aromatic N) is 1. The highest BCUT2D eigenvalue weighted by molar-refractivity contribution is 5.55. The van der Waals surface area contributed by atoms with Gasteiger partial charge in [-0.2, -0.15) is 0 Å². The third-order valence-corrected chi connectivity index (χ3v) is 3.22. The van der Waals surface area contributed by atoms with Gasteiger partial charge in [0.25, 0.3) is 0 Å². The molecule has 2 aromatic rings. The van der Waals surface area contributed by atoms with Crippen molar-refractivity contribution in [3.8, 4) is 0 Å². The van der Waals surface area contributed by atoms with Gasteiger partial charge in [-0.25, -0.2) is 4.39 Å². The van der Waals surface area contributed by atoms with Crippen molar-refractivity contribution in [1.82, 2.24) is 0 Å². The first-order valence-electron chi connectivity index (χ1n) is 6.21. The minimum absolute atomic E-state index is 0.331. The monoisotopic (exact) mass is 263 g/mol. The van der Waals surface area contributed by atoms with Crippen molar-refractivity contribution in [3.05, 3.63) is 53.2 Å². The number of benzene rings is 1. The lowest BCUT2D eigenvalue weighted by Gasteiger charge is -2.24. The zero-order chi connectivity index (χ0) is 14.0. The van der Waals surface area contributed by atoms with Crippen molar-refractivity contribution >= 4 is 5.69 Å². The first-order valence-corrected chi connectivity index (χ1v) is 6.21. The predicted molar refractivity (Wildman–Crippen MR) is 72.6 cm³/mol. The average molecular weight is 263 g/mol. The van der Waals surface area contributed by atoms with E-state index < -0.39 is 6.10 Å². The second-order valence-electron chi connectivity index (χ2n) is 4.71. The highest BCUT2D eigenvalue weighted by Gasteiger charge is 2.17. The number of hydrogen-bond donors (Lipinski definition) is 1. The first-order chi connectivity index (χ1) is 9.00. The van der Waals surface area contributed by atoms with Crippen LogP contribution in [0.15, 0.2) is 34.9 Å². The summed E-state index contributed by atoms with van der Waals surface area (Å²) in [6.07, 6.45) is 0.911. The maximum atomic E-state index is 14.0. The third kappa shape index (κ3) is 2.79. The molecular formula is C15H18FNO2. The van der Waals surface area contributed by atoms with Crippen molar-refractivity contribution in [2.45, 2.75) is 26.5 Å². The molecule has 1 aromatic carbocycles. The molecule has 0 spiro atoms. The summed E-state index contributed by atoms with van der Waals surface area (Å²) in [6.45, 7) is 4.04. The molecule has 0 aliphatic rings. The van der Waals surface area contributed by atoms with Crippen LogP contribution >= 0.6 is 0 Å². The Labute approximate surface area is 112 Å². The smallest absolute Gasteiger partial charge is 0.146 e. The van der Waals surface area contributed by atoms with Crippen LogP contribution in [-0.2, 0) is 6.54 Å². The normalized spacial score (nSPS) is 12.5. The van der Waals surface area contributed by atoms with Crippen LogP contribution in [0, 0.1) is 12.7 Å². The second kappa shape index (κ2) is 5.45. The number of para-hydroxylation sites is 1. The quantitative estimate of drug-likeness (QED) is 0.918. The van der Waals surface area contributed by atoms with Crippen LogP contribution in [0.3, 0.4) is 0 Å². The summed E-state index contributed by atoms with van der Waals surface area (Å²) < 4.78 is 19.3. The molecule has 1 aromatic heterocycles.